The number of nitrogens with zero attached hydrogens (tertiary/aromatic N) is 2. The highest BCUT2D eigenvalue weighted by Crippen LogP contribution is 2.31. The molecular formula is C25H36N2. The summed E-state index contributed by atoms with van der Waals surface area (Å²) in [4.78, 5) is 0. The first-order valence-electron chi connectivity index (χ1n) is 11.2. The number of unbranched alkanes of at least 4 members (excludes halogenated alkanes) is 3. The topological polar surface area (TPSA) is 25.8 Å². The molecule has 0 unspecified atom stereocenters. The first-order valence-corrected chi connectivity index (χ1v) is 11.2. The van der Waals surface area contributed by atoms with Gasteiger partial charge in [0.2, 0.25) is 0 Å². The van der Waals surface area contributed by atoms with Crippen LogP contribution < -0.4 is 0 Å². The number of hydrogen-bond donors (Lipinski definition) is 0. The average Bonchev–Trinajstić information content (AvgIpc) is 2.72. The first-order chi connectivity index (χ1) is 13.2. The minimum absolute atomic E-state index is 0.896. The van der Waals surface area contributed by atoms with E-state index in [2.05, 4.69) is 60.4 Å². The maximum absolute atomic E-state index is 4.50. The van der Waals surface area contributed by atoms with Crippen LogP contribution in [0.5, 0.6) is 0 Å². The average molecular weight is 365 g/mol. The van der Waals surface area contributed by atoms with Gasteiger partial charge in [0, 0.05) is 5.56 Å². The number of hydrogen-bond acceptors (Lipinski definition) is 2. The van der Waals surface area contributed by atoms with E-state index < -0.39 is 0 Å². The molecule has 0 radical (unpaired) electrons. The molecule has 2 heteroatoms. The maximum Gasteiger partial charge on any atom is 0.0929 e. The summed E-state index contributed by atoms with van der Waals surface area (Å²) in [7, 11) is 0. The van der Waals surface area contributed by atoms with Crippen molar-refractivity contribution < 1.29 is 0 Å². The molecule has 1 aliphatic rings. The summed E-state index contributed by atoms with van der Waals surface area (Å²) in [6.45, 7) is 4.65. The Morgan fingerprint density at radius 3 is 2.26 bits per heavy atom. The highest BCUT2D eigenvalue weighted by molar-refractivity contribution is 5.58. The van der Waals surface area contributed by atoms with Crippen LogP contribution >= 0.6 is 0 Å². The van der Waals surface area contributed by atoms with Gasteiger partial charge in [-0.2, -0.15) is 10.2 Å². The van der Waals surface area contributed by atoms with Gasteiger partial charge in [-0.05, 0) is 55.2 Å². The number of benzene rings is 1. The van der Waals surface area contributed by atoms with E-state index in [0.29, 0.717) is 0 Å². The Balaban J connectivity index is 1.48. The van der Waals surface area contributed by atoms with E-state index >= 15 is 0 Å². The molecule has 1 fully saturated rings. The third kappa shape index (κ3) is 6.45. The van der Waals surface area contributed by atoms with Gasteiger partial charge in [0.1, 0.15) is 0 Å². The highest BCUT2D eigenvalue weighted by Gasteiger charge is 2.18. The van der Waals surface area contributed by atoms with Crippen molar-refractivity contribution in [1.29, 1.82) is 0 Å². The quantitative estimate of drug-likeness (QED) is 0.446. The molecule has 146 valence electrons. The van der Waals surface area contributed by atoms with Gasteiger partial charge in [-0.3, -0.25) is 0 Å². The summed E-state index contributed by atoms with van der Waals surface area (Å²) in [5, 5.41) is 8.99. The Morgan fingerprint density at radius 2 is 1.59 bits per heavy atom. The van der Waals surface area contributed by atoms with Crippen LogP contribution in [0.4, 0.5) is 0 Å². The monoisotopic (exact) mass is 364 g/mol. The van der Waals surface area contributed by atoms with Gasteiger partial charge in [0.25, 0.3) is 0 Å². The molecule has 0 atom stereocenters. The van der Waals surface area contributed by atoms with E-state index in [1.54, 1.807) is 0 Å². The van der Waals surface area contributed by atoms with Crippen molar-refractivity contribution in [3.63, 3.8) is 0 Å². The minimum Gasteiger partial charge on any atom is -0.155 e. The van der Waals surface area contributed by atoms with Crippen LogP contribution in [0.25, 0.3) is 11.3 Å². The summed E-state index contributed by atoms with van der Waals surface area (Å²) in [5.74, 6) is 1.83. The second kappa shape index (κ2) is 10.6. The molecule has 0 aliphatic heterocycles. The SMILES string of the molecule is CCCCCCc1ccc(-c2ccc(CCC3CCC(C)CC3)nn2)cc1. The maximum atomic E-state index is 4.50. The van der Waals surface area contributed by atoms with Gasteiger partial charge in [-0.1, -0.05) is 83.1 Å². The van der Waals surface area contributed by atoms with Crippen LogP contribution in [-0.2, 0) is 12.8 Å². The fourth-order valence-electron chi connectivity index (χ4n) is 4.22. The molecule has 1 aromatic heterocycles. The lowest BCUT2D eigenvalue weighted by Crippen LogP contribution is -2.13. The molecule has 0 spiro atoms. The summed E-state index contributed by atoms with van der Waals surface area (Å²) in [6.07, 6.45) is 14.4. The fourth-order valence-corrected chi connectivity index (χ4v) is 4.22. The van der Waals surface area contributed by atoms with Gasteiger partial charge in [-0.25, -0.2) is 0 Å². The molecule has 1 heterocycles. The molecular weight excluding hydrogens is 328 g/mol. The Bertz CT molecular complexity index is 652. The standard InChI is InChI=1S/C25H36N2/c1-3-4-5-6-7-21-12-15-23(16-13-21)25-19-18-24(26-27-25)17-14-22-10-8-20(2)9-11-22/h12-13,15-16,18-20,22H,3-11,14,17H2,1-2H3. The second-order valence-electron chi connectivity index (χ2n) is 8.58. The van der Waals surface area contributed by atoms with Crippen LogP contribution in [0.15, 0.2) is 36.4 Å². The van der Waals surface area contributed by atoms with Crippen LogP contribution in [0.2, 0.25) is 0 Å². The van der Waals surface area contributed by atoms with E-state index in [1.165, 1.54) is 75.3 Å². The first kappa shape index (κ1) is 20.0. The second-order valence-corrected chi connectivity index (χ2v) is 8.58. The molecule has 0 amide bonds. The Hall–Kier alpha value is -1.70. The molecule has 0 N–H and O–H groups in total. The number of aryl methyl sites for hydroxylation is 2. The fraction of sp³-hybridized carbons (Fsp3) is 0.600. The van der Waals surface area contributed by atoms with Crippen molar-refractivity contribution in [2.45, 2.75) is 84.5 Å². The minimum atomic E-state index is 0.896. The molecule has 1 aromatic carbocycles. The van der Waals surface area contributed by atoms with E-state index in [1.807, 2.05) is 0 Å². The molecule has 0 saturated heterocycles. The van der Waals surface area contributed by atoms with Crippen molar-refractivity contribution in [2.24, 2.45) is 11.8 Å². The lowest BCUT2D eigenvalue weighted by atomic mass is 9.81. The van der Waals surface area contributed by atoms with Crippen molar-refractivity contribution in [1.82, 2.24) is 10.2 Å². The molecule has 1 aliphatic carbocycles. The van der Waals surface area contributed by atoms with Gasteiger partial charge >= 0.3 is 0 Å². The van der Waals surface area contributed by atoms with Crippen molar-refractivity contribution >= 4 is 0 Å². The molecule has 0 bridgehead atoms. The van der Waals surface area contributed by atoms with Crippen molar-refractivity contribution in [3.05, 3.63) is 47.7 Å². The van der Waals surface area contributed by atoms with E-state index in [9.17, 15) is 0 Å². The van der Waals surface area contributed by atoms with E-state index in [-0.39, 0.29) is 0 Å². The van der Waals surface area contributed by atoms with Crippen molar-refractivity contribution in [2.75, 3.05) is 0 Å². The summed E-state index contributed by atoms with van der Waals surface area (Å²) >= 11 is 0. The van der Waals surface area contributed by atoms with Crippen LogP contribution in [-0.4, -0.2) is 10.2 Å². The third-order valence-electron chi connectivity index (χ3n) is 6.23. The van der Waals surface area contributed by atoms with E-state index in [0.717, 1.165) is 29.6 Å². The molecule has 2 nitrogen and oxygen atoms in total. The van der Waals surface area contributed by atoms with Gasteiger partial charge in [0.05, 0.1) is 11.4 Å². The molecule has 2 aromatic rings. The molecule has 3 rings (SSSR count). The highest BCUT2D eigenvalue weighted by atomic mass is 15.1. The predicted molar refractivity (Wildman–Crippen MR) is 115 cm³/mol. The predicted octanol–water partition coefficient (Wildman–Crippen LogP) is 7.03. The molecule has 1 saturated carbocycles. The van der Waals surface area contributed by atoms with Crippen molar-refractivity contribution in [3.8, 4) is 11.3 Å². The lowest BCUT2D eigenvalue weighted by Gasteiger charge is -2.25. The normalized spacial score (nSPS) is 19.9. The summed E-state index contributed by atoms with van der Waals surface area (Å²) in [6, 6.07) is 13.2. The largest absolute Gasteiger partial charge is 0.155 e. The van der Waals surface area contributed by atoms with Crippen LogP contribution in [0.1, 0.15) is 82.9 Å². The molecule has 27 heavy (non-hydrogen) atoms. The zero-order valence-electron chi connectivity index (χ0n) is 17.3. The van der Waals surface area contributed by atoms with Gasteiger partial charge in [0.15, 0.2) is 0 Å². The summed E-state index contributed by atoms with van der Waals surface area (Å²) < 4.78 is 0. The van der Waals surface area contributed by atoms with Crippen LogP contribution in [0, 0.1) is 11.8 Å². The Kier molecular flexibility index (Phi) is 7.86. The van der Waals surface area contributed by atoms with Crippen LogP contribution in [0.3, 0.4) is 0 Å². The van der Waals surface area contributed by atoms with E-state index in [4.69, 9.17) is 0 Å². The van der Waals surface area contributed by atoms with Gasteiger partial charge < -0.3 is 0 Å². The lowest BCUT2D eigenvalue weighted by molar-refractivity contribution is 0.277. The number of rotatable bonds is 9. The summed E-state index contributed by atoms with van der Waals surface area (Å²) in [5.41, 5.74) is 4.74. The van der Waals surface area contributed by atoms with Gasteiger partial charge in [-0.15, -0.1) is 0 Å². The zero-order valence-corrected chi connectivity index (χ0v) is 17.3. The zero-order chi connectivity index (χ0) is 18.9. The Morgan fingerprint density at radius 1 is 0.815 bits per heavy atom. The number of aromatic nitrogens is 2. The smallest absolute Gasteiger partial charge is 0.0929 e. The Labute approximate surface area is 165 Å². The third-order valence-corrected chi connectivity index (χ3v) is 6.23.